The van der Waals surface area contributed by atoms with E-state index in [1.54, 1.807) is 13.8 Å². The molecule has 2 atom stereocenters. The molecule has 1 saturated heterocycles. The molecule has 1 aliphatic rings. The normalized spacial score (nSPS) is 15.8. The van der Waals surface area contributed by atoms with Gasteiger partial charge in [0, 0.05) is 32.1 Å². The van der Waals surface area contributed by atoms with Crippen molar-refractivity contribution < 1.29 is 38.2 Å². The summed E-state index contributed by atoms with van der Waals surface area (Å²) in [4.78, 5) is 78.8. The SMILES string of the molecule is COC(=O)c1cc(C(=O)OCC(=O)[C@@H](NC(=O)[C@@H]2CCCNN2C(=O)CCNC(=O)CC(C)C)C(C)C)ccn1. The second kappa shape index (κ2) is 15.7. The standard InChI is InChI=1S/C27H39N5O8/c1-16(2)13-22(34)29-12-9-23(35)32-20(7-6-10-30-32)25(36)31-24(17(3)4)21(33)15-40-26(37)18-8-11-28-19(14-18)27(38)39-5/h8,11,14,16-17,20,24,30H,6-7,9-10,12-13,15H2,1-5H3,(H,29,34)(H,31,36)/t20-,24-/m0/s1. The van der Waals surface area contributed by atoms with Crippen molar-refractivity contribution in [3.8, 4) is 0 Å². The number of hydrogen-bond donors (Lipinski definition) is 3. The van der Waals surface area contributed by atoms with Gasteiger partial charge in [-0.25, -0.2) is 20.0 Å². The smallest absolute Gasteiger partial charge is 0.356 e. The lowest BCUT2D eigenvalue weighted by Gasteiger charge is -2.36. The maximum atomic E-state index is 13.2. The van der Waals surface area contributed by atoms with Crippen LogP contribution < -0.4 is 16.1 Å². The molecule has 1 aromatic rings. The van der Waals surface area contributed by atoms with E-state index in [0.29, 0.717) is 25.8 Å². The highest BCUT2D eigenvalue weighted by molar-refractivity contribution is 5.97. The maximum Gasteiger partial charge on any atom is 0.356 e. The third-order valence-corrected chi connectivity index (χ3v) is 6.12. The molecule has 13 nitrogen and oxygen atoms in total. The number of carbonyl (C=O) groups is 6. The molecule has 40 heavy (non-hydrogen) atoms. The molecule has 2 rings (SSSR count). The number of hydrogen-bond acceptors (Lipinski definition) is 10. The van der Waals surface area contributed by atoms with Crippen LogP contribution in [0.5, 0.6) is 0 Å². The van der Waals surface area contributed by atoms with Crippen LogP contribution in [0.1, 0.15) is 74.2 Å². The number of ether oxygens (including phenoxy) is 2. The Labute approximate surface area is 233 Å². The van der Waals surface area contributed by atoms with Crippen LogP contribution in [0.3, 0.4) is 0 Å². The van der Waals surface area contributed by atoms with Crippen LogP contribution >= 0.6 is 0 Å². The summed E-state index contributed by atoms with van der Waals surface area (Å²) in [5.41, 5.74) is 2.87. The van der Waals surface area contributed by atoms with Gasteiger partial charge in [0.25, 0.3) is 0 Å². The zero-order valence-corrected chi connectivity index (χ0v) is 23.7. The number of hydrazine groups is 1. The van der Waals surface area contributed by atoms with Gasteiger partial charge in [-0.2, -0.15) is 0 Å². The predicted molar refractivity (Wildman–Crippen MR) is 143 cm³/mol. The Hall–Kier alpha value is -3.87. The van der Waals surface area contributed by atoms with Gasteiger partial charge in [-0.05, 0) is 36.8 Å². The Balaban J connectivity index is 1.97. The zero-order chi connectivity index (χ0) is 29.8. The van der Waals surface area contributed by atoms with E-state index in [-0.39, 0.29) is 47.9 Å². The van der Waals surface area contributed by atoms with Crippen molar-refractivity contribution in [2.24, 2.45) is 11.8 Å². The van der Waals surface area contributed by atoms with E-state index in [9.17, 15) is 28.8 Å². The number of carbonyl (C=O) groups excluding carboxylic acids is 6. The van der Waals surface area contributed by atoms with E-state index >= 15 is 0 Å². The summed E-state index contributed by atoms with van der Waals surface area (Å²) in [6.07, 6.45) is 2.65. The Kier molecular flexibility index (Phi) is 12.7. The molecule has 2 heterocycles. The summed E-state index contributed by atoms with van der Waals surface area (Å²) in [5.74, 6) is -3.25. The fourth-order valence-corrected chi connectivity index (χ4v) is 4.07. The van der Waals surface area contributed by atoms with E-state index in [1.807, 2.05) is 13.8 Å². The molecule has 0 unspecified atom stereocenters. The van der Waals surface area contributed by atoms with Crippen molar-refractivity contribution in [2.75, 3.05) is 26.8 Å². The van der Waals surface area contributed by atoms with Gasteiger partial charge in [0.2, 0.25) is 17.7 Å². The maximum absolute atomic E-state index is 13.2. The van der Waals surface area contributed by atoms with Gasteiger partial charge in [-0.3, -0.25) is 24.2 Å². The molecule has 13 heteroatoms. The predicted octanol–water partition coefficient (Wildman–Crippen LogP) is 0.783. The average Bonchev–Trinajstić information content (AvgIpc) is 2.93. The first kappa shape index (κ1) is 32.3. The minimum Gasteiger partial charge on any atom is -0.464 e. The topological polar surface area (TPSA) is 173 Å². The van der Waals surface area contributed by atoms with Gasteiger partial charge in [-0.1, -0.05) is 27.7 Å². The molecular weight excluding hydrogens is 522 g/mol. The lowest BCUT2D eigenvalue weighted by Crippen LogP contribution is -2.61. The van der Waals surface area contributed by atoms with Crippen LogP contribution in [-0.2, 0) is 28.7 Å². The van der Waals surface area contributed by atoms with Crippen LogP contribution in [0.15, 0.2) is 18.3 Å². The molecule has 0 bridgehead atoms. The number of nitrogens with zero attached hydrogens (tertiary/aromatic N) is 2. The zero-order valence-electron chi connectivity index (χ0n) is 23.7. The van der Waals surface area contributed by atoms with Crippen molar-refractivity contribution in [1.82, 2.24) is 26.1 Å². The number of Topliss-reactive ketones (excluding diaryl/α,β-unsaturated/α-hetero) is 1. The molecule has 1 aliphatic heterocycles. The van der Waals surface area contributed by atoms with E-state index in [4.69, 9.17) is 4.74 Å². The molecule has 1 fully saturated rings. The van der Waals surface area contributed by atoms with Crippen LogP contribution in [0, 0.1) is 11.8 Å². The van der Waals surface area contributed by atoms with Gasteiger partial charge >= 0.3 is 11.9 Å². The summed E-state index contributed by atoms with van der Waals surface area (Å²) in [7, 11) is 1.18. The number of aromatic nitrogens is 1. The third kappa shape index (κ3) is 9.70. The highest BCUT2D eigenvalue weighted by atomic mass is 16.5. The van der Waals surface area contributed by atoms with E-state index in [0.717, 1.165) is 0 Å². The largest absolute Gasteiger partial charge is 0.464 e. The van der Waals surface area contributed by atoms with Crippen LogP contribution in [0.2, 0.25) is 0 Å². The second-order valence-corrected chi connectivity index (χ2v) is 10.2. The van der Waals surface area contributed by atoms with E-state index in [1.165, 1.54) is 30.4 Å². The summed E-state index contributed by atoms with van der Waals surface area (Å²) in [5, 5.41) is 6.68. The Bertz CT molecular complexity index is 1090. The number of rotatable bonds is 13. The molecule has 3 amide bonds. The highest BCUT2D eigenvalue weighted by Crippen LogP contribution is 2.14. The second-order valence-electron chi connectivity index (χ2n) is 10.2. The molecule has 0 aliphatic carbocycles. The minimum absolute atomic E-state index is 0.00973. The monoisotopic (exact) mass is 561 g/mol. The van der Waals surface area contributed by atoms with Gasteiger partial charge in [-0.15, -0.1) is 0 Å². The fourth-order valence-electron chi connectivity index (χ4n) is 4.07. The molecule has 220 valence electrons. The lowest BCUT2D eigenvalue weighted by molar-refractivity contribution is -0.147. The number of ketones is 1. The molecular formula is C27H39N5O8. The van der Waals surface area contributed by atoms with Crippen LogP contribution in [0.4, 0.5) is 0 Å². The summed E-state index contributed by atoms with van der Waals surface area (Å²) < 4.78 is 9.72. The summed E-state index contributed by atoms with van der Waals surface area (Å²) in [6.45, 7) is 7.36. The molecule has 0 radical (unpaired) electrons. The molecule has 0 saturated carbocycles. The lowest BCUT2D eigenvalue weighted by atomic mass is 9.98. The summed E-state index contributed by atoms with van der Waals surface area (Å²) >= 11 is 0. The average molecular weight is 562 g/mol. The number of nitrogens with one attached hydrogen (secondary N) is 3. The number of methoxy groups -OCH3 is 1. The number of pyridine rings is 1. The van der Waals surface area contributed by atoms with Gasteiger partial charge in [0.1, 0.15) is 11.7 Å². The van der Waals surface area contributed by atoms with Crippen molar-refractivity contribution >= 4 is 35.4 Å². The number of amides is 3. The highest BCUT2D eigenvalue weighted by Gasteiger charge is 2.35. The quantitative estimate of drug-likeness (QED) is 0.292. The first-order valence-corrected chi connectivity index (χ1v) is 13.3. The third-order valence-electron chi connectivity index (χ3n) is 6.12. The Morgan fingerprint density at radius 3 is 2.50 bits per heavy atom. The molecule has 0 spiro atoms. The summed E-state index contributed by atoms with van der Waals surface area (Å²) in [6, 6.07) is 0.700. The van der Waals surface area contributed by atoms with Crippen molar-refractivity contribution in [3.05, 3.63) is 29.6 Å². The molecule has 3 N–H and O–H groups in total. The molecule has 0 aromatic carbocycles. The Morgan fingerprint density at radius 2 is 1.85 bits per heavy atom. The van der Waals surface area contributed by atoms with Crippen LogP contribution in [0.25, 0.3) is 0 Å². The Morgan fingerprint density at radius 1 is 1.12 bits per heavy atom. The first-order valence-electron chi connectivity index (χ1n) is 13.3. The van der Waals surface area contributed by atoms with Crippen molar-refractivity contribution in [3.63, 3.8) is 0 Å². The van der Waals surface area contributed by atoms with Crippen LogP contribution in [-0.4, -0.2) is 84.3 Å². The van der Waals surface area contributed by atoms with Crippen molar-refractivity contribution in [1.29, 1.82) is 0 Å². The van der Waals surface area contributed by atoms with Gasteiger partial charge in [0.15, 0.2) is 12.4 Å². The van der Waals surface area contributed by atoms with Gasteiger partial charge in [0.05, 0.1) is 18.7 Å². The fraction of sp³-hybridized carbons (Fsp3) is 0.593. The minimum atomic E-state index is -0.974. The van der Waals surface area contributed by atoms with E-state index < -0.39 is 42.3 Å². The number of esters is 2. The van der Waals surface area contributed by atoms with Gasteiger partial charge < -0.3 is 20.1 Å². The molecule has 1 aromatic heterocycles. The first-order chi connectivity index (χ1) is 18.9. The van der Waals surface area contributed by atoms with Crippen molar-refractivity contribution in [2.45, 2.75) is 65.5 Å². The van der Waals surface area contributed by atoms with E-state index in [2.05, 4.69) is 25.8 Å².